The van der Waals surface area contributed by atoms with Crippen molar-refractivity contribution in [3.8, 4) is 0 Å². The van der Waals surface area contributed by atoms with Crippen LogP contribution in [0.15, 0.2) is 33.8 Å². The van der Waals surface area contributed by atoms with Crippen molar-refractivity contribution >= 4 is 33.8 Å². The molecule has 0 saturated carbocycles. The smallest absolute Gasteiger partial charge is 0.409 e. The Hall–Kier alpha value is -1.05. The number of hydrogen-bond acceptors (Lipinski definition) is 3. The van der Waals surface area contributed by atoms with E-state index in [0.717, 1.165) is 10.9 Å². The second-order valence-electron chi connectivity index (χ2n) is 5.00. The normalized spacial score (nSPS) is 27.9. The highest BCUT2D eigenvalue weighted by molar-refractivity contribution is 9.10. The van der Waals surface area contributed by atoms with Crippen molar-refractivity contribution in [1.29, 1.82) is 0 Å². The molecule has 2 aliphatic rings. The van der Waals surface area contributed by atoms with Gasteiger partial charge in [-0.2, -0.15) is 0 Å². The Morgan fingerprint density at radius 2 is 2.38 bits per heavy atom. The first-order valence-electron chi connectivity index (χ1n) is 6.46. The zero-order chi connectivity index (χ0) is 15.0. The first-order valence-corrected chi connectivity index (χ1v) is 8.24. The van der Waals surface area contributed by atoms with E-state index >= 15 is 0 Å². The molecule has 0 radical (unpaired) electrons. The van der Waals surface area contributed by atoms with Crippen LogP contribution in [0, 0.1) is 11.7 Å². The molecule has 0 unspecified atom stereocenters. The molecule has 21 heavy (non-hydrogen) atoms. The van der Waals surface area contributed by atoms with Gasteiger partial charge in [0.25, 0.3) is 0 Å². The summed E-state index contributed by atoms with van der Waals surface area (Å²) in [6.45, 7) is 0.536. The van der Waals surface area contributed by atoms with Crippen LogP contribution >= 0.6 is 27.7 Å². The summed E-state index contributed by atoms with van der Waals surface area (Å²) < 4.78 is 21.0. The van der Waals surface area contributed by atoms with E-state index < -0.39 is 11.7 Å². The fourth-order valence-corrected chi connectivity index (χ4v) is 4.42. The van der Waals surface area contributed by atoms with Crippen LogP contribution in [0.5, 0.6) is 0 Å². The molecular weight excluding hydrogens is 361 g/mol. The Bertz CT molecular complexity index is 624. The van der Waals surface area contributed by atoms with Gasteiger partial charge in [-0.3, -0.25) is 5.32 Å². The van der Waals surface area contributed by atoms with Gasteiger partial charge in [0, 0.05) is 28.3 Å². The quantitative estimate of drug-likeness (QED) is 0.829. The molecule has 2 atom stereocenters. The molecule has 0 aromatic heterocycles. The van der Waals surface area contributed by atoms with Gasteiger partial charge < -0.3 is 9.84 Å². The lowest BCUT2D eigenvalue weighted by Gasteiger charge is -2.36. The van der Waals surface area contributed by atoms with Gasteiger partial charge in [-0.1, -0.05) is 15.9 Å². The monoisotopic (exact) mass is 373 g/mol. The van der Waals surface area contributed by atoms with Crippen LogP contribution in [0.1, 0.15) is 12.0 Å². The summed E-state index contributed by atoms with van der Waals surface area (Å²) in [5.74, 6) is 0.478. The molecule has 1 amide bonds. The molecule has 1 fully saturated rings. The number of amides is 1. The van der Waals surface area contributed by atoms with Crippen LogP contribution in [-0.2, 0) is 10.3 Å². The van der Waals surface area contributed by atoms with E-state index in [1.165, 1.54) is 17.8 Å². The van der Waals surface area contributed by atoms with Crippen LogP contribution in [0.2, 0.25) is 0 Å². The fraction of sp³-hybridized carbons (Fsp3) is 0.357. The summed E-state index contributed by atoms with van der Waals surface area (Å²) in [4.78, 5) is 10.8. The Kier molecular flexibility index (Phi) is 3.98. The molecule has 0 aliphatic carbocycles. The van der Waals surface area contributed by atoms with E-state index in [-0.39, 0.29) is 11.7 Å². The number of hydrogen-bond donors (Lipinski definition) is 2. The van der Waals surface area contributed by atoms with Gasteiger partial charge >= 0.3 is 6.09 Å². The van der Waals surface area contributed by atoms with E-state index in [1.807, 2.05) is 0 Å². The zero-order valence-corrected chi connectivity index (χ0v) is 13.3. The number of carbonyl (C=O) groups is 1. The van der Waals surface area contributed by atoms with Crippen LogP contribution in [0.3, 0.4) is 0 Å². The number of fused-ring (bicyclic) bond motifs is 1. The average molecular weight is 374 g/mol. The topological polar surface area (TPSA) is 58.6 Å². The van der Waals surface area contributed by atoms with Crippen LogP contribution in [-0.4, -0.2) is 23.6 Å². The van der Waals surface area contributed by atoms with E-state index in [9.17, 15) is 9.18 Å². The van der Waals surface area contributed by atoms with Crippen molar-refractivity contribution in [2.45, 2.75) is 12.0 Å². The third-order valence-electron chi connectivity index (χ3n) is 3.78. The summed E-state index contributed by atoms with van der Waals surface area (Å²) in [6, 6.07) is 4.74. The molecule has 1 aromatic rings. The minimum absolute atomic E-state index is 0.130. The molecular formula is C14H13BrFNO3S. The van der Waals surface area contributed by atoms with Crippen molar-refractivity contribution in [3.05, 3.63) is 45.2 Å². The summed E-state index contributed by atoms with van der Waals surface area (Å²) in [7, 11) is 0. The lowest BCUT2D eigenvalue weighted by atomic mass is 9.81. The lowest BCUT2D eigenvalue weighted by molar-refractivity contribution is 0.0178. The summed E-state index contributed by atoms with van der Waals surface area (Å²) in [6.07, 6.45) is 1.41. The predicted molar refractivity (Wildman–Crippen MR) is 81.5 cm³/mol. The Labute approximate surface area is 133 Å². The van der Waals surface area contributed by atoms with Crippen molar-refractivity contribution in [3.63, 3.8) is 0 Å². The van der Waals surface area contributed by atoms with Crippen molar-refractivity contribution < 1.29 is 19.0 Å². The summed E-state index contributed by atoms with van der Waals surface area (Å²) in [5, 5.41) is 11.7. The van der Waals surface area contributed by atoms with Crippen molar-refractivity contribution in [1.82, 2.24) is 5.32 Å². The van der Waals surface area contributed by atoms with Gasteiger partial charge in [0.05, 0.1) is 5.03 Å². The summed E-state index contributed by atoms with van der Waals surface area (Å²) >= 11 is 4.78. The Morgan fingerprint density at radius 3 is 3.14 bits per heavy atom. The van der Waals surface area contributed by atoms with Gasteiger partial charge in [0.15, 0.2) is 0 Å². The number of carboxylic acid groups (broad SMARTS) is 1. The largest absolute Gasteiger partial charge is 0.465 e. The van der Waals surface area contributed by atoms with E-state index in [2.05, 4.69) is 21.2 Å². The van der Waals surface area contributed by atoms with Crippen molar-refractivity contribution in [2.24, 2.45) is 5.92 Å². The van der Waals surface area contributed by atoms with Crippen molar-refractivity contribution in [2.75, 3.05) is 12.4 Å². The number of ether oxygens (including phenoxy) is 1. The predicted octanol–water partition coefficient (Wildman–Crippen LogP) is 3.68. The van der Waals surface area contributed by atoms with Gasteiger partial charge in [-0.05, 0) is 30.7 Å². The summed E-state index contributed by atoms with van der Waals surface area (Å²) in [5.41, 5.74) is -0.443. The minimum atomic E-state index is -1.13. The standard InChI is InChI=1S/C14H13BrFNO3S/c15-9-1-2-11(16)10(5-9)14-6-12(17-13(18)19)21-7-8(14)3-4-20-14/h1-2,5-6,8,17H,3-4,7H2,(H,18,19)/t8-,14+/m0/s1. The average Bonchev–Trinajstić information content (AvgIpc) is 2.84. The molecule has 2 heterocycles. The zero-order valence-electron chi connectivity index (χ0n) is 10.9. The number of benzene rings is 1. The highest BCUT2D eigenvalue weighted by atomic mass is 79.9. The first-order chi connectivity index (χ1) is 10.0. The SMILES string of the molecule is O=C(O)NC1=C[C@@]2(c3cc(Br)ccc3F)OCC[C@H]2CS1. The van der Waals surface area contributed by atoms with Gasteiger partial charge in [0.1, 0.15) is 11.4 Å². The Morgan fingerprint density at radius 1 is 1.57 bits per heavy atom. The third kappa shape index (κ3) is 2.69. The highest BCUT2D eigenvalue weighted by Gasteiger charge is 2.48. The van der Waals surface area contributed by atoms with Crippen LogP contribution < -0.4 is 5.32 Å². The maximum atomic E-state index is 14.3. The Balaban J connectivity index is 2.09. The lowest BCUT2D eigenvalue weighted by Crippen LogP contribution is -2.37. The molecule has 4 nitrogen and oxygen atoms in total. The van der Waals surface area contributed by atoms with E-state index in [4.69, 9.17) is 9.84 Å². The number of nitrogens with one attached hydrogen (secondary N) is 1. The maximum Gasteiger partial charge on any atom is 0.409 e. The van der Waals surface area contributed by atoms with Crippen LogP contribution in [0.4, 0.5) is 9.18 Å². The molecule has 112 valence electrons. The molecule has 2 aliphatic heterocycles. The number of halogens is 2. The van der Waals surface area contributed by atoms with E-state index in [0.29, 0.717) is 23.0 Å². The van der Waals surface area contributed by atoms with E-state index in [1.54, 1.807) is 18.2 Å². The molecule has 1 saturated heterocycles. The maximum absolute atomic E-state index is 14.3. The molecule has 2 N–H and O–H groups in total. The second kappa shape index (κ2) is 5.62. The molecule has 1 aromatic carbocycles. The highest BCUT2D eigenvalue weighted by Crippen LogP contribution is 2.49. The van der Waals surface area contributed by atoms with Gasteiger partial charge in [-0.15, -0.1) is 11.8 Å². The molecule has 0 spiro atoms. The third-order valence-corrected chi connectivity index (χ3v) is 5.37. The molecule has 0 bridgehead atoms. The van der Waals surface area contributed by atoms with Gasteiger partial charge in [-0.25, -0.2) is 9.18 Å². The molecule has 7 heteroatoms. The first kappa shape index (κ1) is 14.9. The minimum Gasteiger partial charge on any atom is -0.465 e. The van der Waals surface area contributed by atoms with Gasteiger partial charge in [0.2, 0.25) is 0 Å². The number of thioether (sulfide) groups is 1. The molecule has 3 rings (SSSR count). The second-order valence-corrected chi connectivity index (χ2v) is 6.98. The van der Waals surface area contributed by atoms with Crippen LogP contribution in [0.25, 0.3) is 0 Å². The number of rotatable bonds is 2. The fourth-order valence-electron chi connectivity index (χ4n) is 2.85.